The maximum absolute atomic E-state index is 5.67. The molecule has 0 amide bonds. The van der Waals surface area contributed by atoms with Crippen molar-refractivity contribution < 1.29 is 18.9 Å². The van der Waals surface area contributed by atoms with Crippen LogP contribution < -0.4 is 9.47 Å². The van der Waals surface area contributed by atoms with Crippen LogP contribution >= 0.6 is 0 Å². The highest BCUT2D eigenvalue weighted by molar-refractivity contribution is 5.64. The third kappa shape index (κ3) is 7.16. The van der Waals surface area contributed by atoms with Crippen LogP contribution in [0.4, 0.5) is 0 Å². The third-order valence-corrected chi connectivity index (χ3v) is 3.55. The van der Waals surface area contributed by atoms with Crippen LogP contribution in [0.25, 0.3) is 11.1 Å². The van der Waals surface area contributed by atoms with E-state index in [2.05, 4.69) is 24.3 Å². The lowest BCUT2D eigenvalue weighted by molar-refractivity contribution is 0.0553. The summed E-state index contributed by atoms with van der Waals surface area (Å²) in [5.41, 5.74) is 2.29. The minimum Gasteiger partial charge on any atom is -0.491 e. The highest BCUT2D eigenvalue weighted by Gasteiger charge is 2.01. The van der Waals surface area contributed by atoms with Crippen LogP contribution in [0.3, 0.4) is 0 Å². The predicted octanol–water partition coefficient (Wildman–Crippen LogP) is 4.57. The van der Waals surface area contributed by atoms with E-state index in [-0.39, 0.29) is 6.10 Å². The molecule has 4 nitrogen and oxygen atoms in total. The van der Waals surface area contributed by atoms with Gasteiger partial charge in [0.15, 0.2) is 0 Å². The summed E-state index contributed by atoms with van der Waals surface area (Å²) < 4.78 is 22.0. The van der Waals surface area contributed by atoms with Crippen molar-refractivity contribution in [2.24, 2.45) is 0 Å². The molecule has 0 saturated carbocycles. The van der Waals surface area contributed by atoms with E-state index in [1.54, 1.807) is 0 Å². The molecule has 0 aliphatic rings. The molecule has 0 aromatic heterocycles. The van der Waals surface area contributed by atoms with Gasteiger partial charge in [0, 0.05) is 6.61 Å². The lowest BCUT2D eigenvalue weighted by Crippen LogP contribution is -2.11. The lowest BCUT2D eigenvalue weighted by Gasteiger charge is -2.10. The maximum atomic E-state index is 5.67. The van der Waals surface area contributed by atoms with Crippen molar-refractivity contribution in [3.63, 3.8) is 0 Å². The summed E-state index contributed by atoms with van der Waals surface area (Å²) in [4.78, 5) is 0. The monoisotopic (exact) mass is 344 g/mol. The first-order valence-electron chi connectivity index (χ1n) is 8.84. The average Bonchev–Trinajstić information content (AvgIpc) is 2.63. The van der Waals surface area contributed by atoms with Crippen molar-refractivity contribution in [2.75, 3.05) is 33.0 Å². The summed E-state index contributed by atoms with van der Waals surface area (Å²) in [5, 5.41) is 0. The fourth-order valence-electron chi connectivity index (χ4n) is 2.29. The van der Waals surface area contributed by atoms with Gasteiger partial charge in [-0.05, 0) is 56.2 Å². The summed E-state index contributed by atoms with van der Waals surface area (Å²) in [6.45, 7) is 9.07. The molecule has 2 rings (SSSR count). The van der Waals surface area contributed by atoms with Crippen molar-refractivity contribution in [3.05, 3.63) is 48.5 Å². The van der Waals surface area contributed by atoms with Gasteiger partial charge in [-0.25, -0.2) is 0 Å². The molecular formula is C21H28O4. The van der Waals surface area contributed by atoms with Crippen molar-refractivity contribution in [1.82, 2.24) is 0 Å². The van der Waals surface area contributed by atoms with Gasteiger partial charge in [0.05, 0.1) is 19.3 Å². The largest absolute Gasteiger partial charge is 0.491 e. The standard InChI is InChI=1S/C21H28O4/c1-4-22-13-14-24-20-9-5-18(6-10-20)19-7-11-21(12-8-19)25-16-15-23-17(2)3/h5-12,17H,4,13-16H2,1-3H3. The van der Waals surface area contributed by atoms with Crippen molar-refractivity contribution in [1.29, 1.82) is 0 Å². The molecule has 0 heterocycles. The van der Waals surface area contributed by atoms with E-state index in [1.165, 1.54) is 0 Å². The van der Waals surface area contributed by atoms with Gasteiger partial charge in [-0.3, -0.25) is 0 Å². The van der Waals surface area contributed by atoms with E-state index in [4.69, 9.17) is 18.9 Å². The molecule has 0 aliphatic heterocycles. The summed E-state index contributed by atoms with van der Waals surface area (Å²) in [6, 6.07) is 16.2. The molecule has 25 heavy (non-hydrogen) atoms. The smallest absolute Gasteiger partial charge is 0.119 e. The molecule has 0 saturated heterocycles. The minimum absolute atomic E-state index is 0.233. The first kappa shape index (κ1) is 19.3. The number of benzene rings is 2. The molecule has 0 unspecified atom stereocenters. The van der Waals surface area contributed by atoms with Crippen molar-refractivity contribution in [2.45, 2.75) is 26.9 Å². The predicted molar refractivity (Wildman–Crippen MR) is 100 cm³/mol. The van der Waals surface area contributed by atoms with Crippen LogP contribution in [0.15, 0.2) is 48.5 Å². The quantitative estimate of drug-likeness (QED) is 0.560. The molecule has 0 N–H and O–H groups in total. The fraction of sp³-hybridized carbons (Fsp3) is 0.429. The normalized spacial score (nSPS) is 10.9. The summed E-state index contributed by atoms with van der Waals surface area (Å²) in [5.74, 6) is 1.71. The average molecular weight is 344 g/mol. The number of hydrogen-bond acceptors (Lipinski definition) is 4. The Morgan fingerprint density at radius 3 is 1.60 bits per heavy atom. The van der Waals surface area contributed by atoms with Gasteiger partial charge in [-0.15, -0.1) is 0 Å². The summed E-state index contributed by atoms with van der Waals surface area (Å²) >= 11 is 0. The molecule has 0 radical (unpaired) electrons. The molecule has 0 fully saturated rings. The molecule has 2 aromatic rings. The fourth-order valence-corrected chi connectivity index (χ4v) is 2.29. The molecule has 4 heteroatoms. The second-order valence-corrected chi connectivity index (χ2v) is 5.86. The van der Waals surface area contributed by atoms with E-state index in [0.717, 1.165) is 22.6 Å². The van der Waals surface area contributed by atoms with Crippen molar-refractivity contribution in [3.8, 4) is 22.6 Å². The summed E-state index contributed by atoms with van der Waals surface area (Å²) in [7, 11) is 0. The molecule has 0 spiro atoms. The van der Waals surface area contributed by atoms with Gasteiger partial charge >= 0.3 is 0 Å². The lowest BCUT2D eigenvalue weighted by atomic mass is 10.1. The van der Waals surface area contributed by atoms with Crippen LogP contribution in [0.5, 0.6) is 11.5 Å². The molecule has 2 aromatic carbocycles. The first-order valence-corrected chi connectivity index (χ1v) is 8.84. The van der Waals surface area contributed by atoms with Crippen LogP contribution in [0, 0.1) is 0 Å². The van der Waals surface area contributed by atoms with Gasteiger partial charge in [0.1, 0.15) is 24.7 Å². The molecule has 0 aliphatic carbocycles. The second kappa shape index (κ2) is 10.7. The second-order valence-electron chi connectivity index (χ2n) is 5.86. The van der Waals surface area contributed by atoms with Crippen molar-refractivity contribution >= 4 is 0 Å². The molecule has 0 atom stereocenters. The topological polar surface area (TPSA) is 36.9 Å². The number of ether oxygens (including phenoxy) is 4. The van der Waals surface area contributed by atoms with E-state index in [1.807, 2.05) is 45.0 Å². The van der Waals surface area contributed by atoms with Gasteiger partial charge in [-0.1, -0.05) is 24.3 Å². The van der Waals surface area contributed by atoms with Gasteiger partial charge in [-0.2, -0.15) is 0 Å². The number of rotatable bonds is 11. The van der Waals surface area contributed by atoms with Gasteiger partial charge in [0.25, 0.3) is 0 Å². The Hall–Kier alpha value is -2.04. The summed E-state index contributed by atoms with van der Waals surface area (Å²) in [6.07, 6.45) is 0.233. The zero-order valence-electron chi connectivity index (χ0n) is 15.4. The van der Waals surface area contributed by atoms with E-state index < -0.39 is 0 Å². The van der Waals surface area contributed by atoms with Crippen LogP contribution in [0.2, 0.25) is 0 Å². The van der Waals surface area contributed by atoms with Gasteiger partial charge in [0.2, 0.25) is 0 Å². The Morgan fingerprint density at radius 2 is 1.16 bits per heavy atom. The highest BCUT2D eigenvalue weighted by atomic mass is 16.5. The first-order chi connectivity index (χ1) is 12.2. The Morgan fingerprint density at radius 1 is 0.680 bits per heavy atom. The van der Waals surface area contributed by atoms with E-state index in [0.29, 0.717) is 33.0 Å². The Kier molecular flexibility index (Phi) is 8.29. The van der Waals surface area contributed by atoms with Crippen LogP contribution in [-0.2, 0) is 9.47 Å². The maximum Gasteiger partial charge on any atom is 0.119 e. The molecule has 136 valence electrons. The molecule has 0 bridgehead atoms. The van der Waals surface area contributed by atoms with Gasteiger partial charge < -0.3 is 18.9 Å². The minimum atomic E-state index is 0.233. The molecular weight excluding hydrogens is 316 g/mol. The Labute approximate surface area is 150 Å². The Balaban J connectivity index is 1.82. The zero-order valence-corrected chi connectivity index (χ0v) is 15.4. The Bertz CT molecular complexity index is 590. The highest BCUT2D eigenvalue weighted by Crippen LogP contribution is 2.24. The van der Waals surface area contributed by atoms with Crippen LogP contribution in [-0.4, -0.2) is 39.1 Å². The van der Waals surface area contributed by atoms with E-state index in [9.17, 15) is 0 Å². The van der Waals surface area contributed by atoms with Crippen LogP contribution in [0.1, 0.15) is 20.8 Å². The zero-order chi connectivity index (χ0) is 17.9. The SMILES string of the molecule is CCOCCOc1ccc(-c2ccc(OCCOC(C)C)cc2)cc1. The van der Waals surface area contributed by atoms with E-state index >= 15 is 0 Å². The number of hydrogen-bond donors (Lipinski definition) is 0. The third-order valence-electron chi connectivity index (χ3n) is 3.55.